The van der Waals surface area contributed by atoms with Gasteiger partial charge in [0, 0.05) is 45.2 Å². The molecular weight excluding hydrogens is 403 g/mol. The molecule has 30 heavy (non-hydrogen) atoms. The summed E-state index contributed by atoms with van der Waals surface area (Å²) in [5, 5.41) is 13.8. The van der Waals surface area contributed by atoms with Gasteiger partial charge in [0.1, 0.15) is 5.82 Å². The average Bonchev–Trinajstić information content (AvgIpc) is 3.18. The van der Waals surface area contributed by atoms with Crippen LogP contribution in [0.1, 0.15) is 18.7 Å². The molecule has 0 bridgehead atoms. The Morgan fingerprint density at radius 3 is 2.57 bits per heavy atom. The molecule has 1 N–H and O–H groups in total. The summed E-state index contributed by atoms with van der Waals surface area (Å²) in [4.78, 5) is 16.6. The Bertz CT molecular complexity index is 874. The van der Waals surface area contributed by atoms with Crippen molar-refractivity contribution in [3.05, 3.63) is 18.0 Å². The fourth-order valence-corrected chi connectivity index (χ4v) is 3.80. The van der Waals surface area contributed by atoms with Crippen LogP contribution in [-0.4, -0.2) is 83.1 Å². The molecule has 2 aromatic rings. The molecule has 2 aromatic heterocycles. The number of fused-ring (bicyclic) bond motifs is 1. The number of carbonyl (C=O) groups is 1. The fraction of sp³-hybridized carbons (Fsp3) is 0.667. The molecule has 2 fully saturated rings. The van der Waals surface area contributed by atoms with Crippen molar-refractivity contribution in [2.45, 2.75) is 19.0 Å². The number of anilines is 1. The van der Waals surface area contributed by atoms with Crippen LogP contribution in [0.25, 0.3) is 5.65 Å². The van der Waals surface area contributed by atoms with E-state index in [9.17, 15) is 18.0 Å². The molecule has 0 aromatic carbocycles. The van der Waals surface area contributed by atoms with Crippen LogP contribution in [0.4, 0.5) is 19.0 Å². The second-order valence-corrected chi connectivity index (χ2v) is 7.49. The maximum Gasteiger partial charge on any atom is 0.453 e. The van der Waals surface area contributed by atoms with Crippen LogP contribution in [0, 0.1) is 5.92 Å². The molecule has 9 nitrogen and oxygen atoms in total. The van der Waals surface area contributed by atoms with Gasteiger partial charge in [-0.25, -0.2) is 0 Å². The van der Waals surface area contributed by atoms with Gasteiger partial charge in [0.15, 0.2) is 5.65 Å². The standard InChI is InChI=1S/C18H24F3N7O2/c19-18(20,21)17-24-23-14-1-2-15(25-28(14)17)27-6-3-13(4-7-27)16(29)22-5-8-26-9-11-30-12-10-26/h1-2,13H,3-12H2,(H,22,29). The number of nitrogens with zero attached hydrogens (tertiary/aromatic N) is 6. The third-order valence-corrected chi connectivity index (χ3v) is 5.52. The Morgan fingerprint density at radius 1 is 1.13 bits per heavy atom. The van der Waals surface area contributed by atoms with Gasteiger partial charge < -0.3 is 15.0 Å². The Morgan fingerprint density at radius 2 is 1.87 bits per heavy atom. The molecule has 2 aliphatic heterocycles. The summed E-state index contributed by atoms with van der Waals surface area (Å²) in [5.41, 5.74) is 0.0422. The maximum atomic E-state index is 13.1. The van der Waals surface area contributed by atoms with E-state index >= 15 is 0 Å². The minimum atomic E-state index is -4.63. The van der Waals surface area contributed by atoms with Gasteiger partial charge in [-0.2, -0.15) is 17.7 Å². The number of rotatable bonds is 5. The number of nitrogens with one attached hydrogen (secondary N) is 1. The van der Waals surface area contributed by atoms with Gasteiger partial charge in [-0.1, -0.05) is 0 Å². The van der Waals surface area contributed by atoms with Gasteiger partial charge in [-0.15, -0.1) is 15.3 Å². The van der Waals surface area contributed by atoms with Crippen molar-refractivity contribution in [3.63, 3.8) is 0 Å². The summed E-state index contributed by atoms with van der Waals surface area (Å²) in [6, 6.07) is 3.10. The lowest BCUT2D eigenvalue weighted by Gasteiger charge is -2.32. The van der Waals surface area contributed by atoms with E-state index in [-0.39, 0.29) is 17.5 Å². The van der Waals surface area contributed by atoms with Gasteiger partial charge in [0.05, 0.1) is 13.2 Å². The molecule has 164 valence electrons. The predicted octanol–water partition coefficient (Wildman–Crippen LogP) is 0.808. The maximum absolute atomic E-state index is 13.1. The average molecular weight is 427 g/mol. The second-order valence-electron chi connectivity index (χ2n) is 7.49. The minimum Gasteiger partial charge on any atom is -0.379 e. The number of halogens is 3. The Hall–Kier alpha value is -2.47. The first-order valence-corrected chi connectivity index (χ1v) is 10.0. The number of ether oxygens (including phenoxy) is 1. The first-order valence-electron chi connectivity index (χ1n) is 10.0. The van der Waals surface area contributed by atoms with Crippen LogP contribution >= 0.6 is 0 Å². The summed E-state index contributed by atoms with van der Waals surface area (Å²) in [6.45, 7) is 5.72. The monoisotopic (exact) mass is 427 g/mol. The molecule has 4 heterocycles. The van der Waals surface area contributed by atoms with E-state index < -0.39 is 12.0 Å². The molecular formula is C18H24F3N7O2. The lowest BCUT2D eigenvalue weighted by atomic mass is 9.96. The molecule has 0 spiro atoms. The van der Waals surface area contributed by atoms with Crippen LogP contribution in [-0.2, 0) is 15.7 Å². The molecule has 0 atom stereocenters. The summed E-state index contributed by atoms with van der Waals surface area (Å²) in [5.74, 6) is -0.798. The lowest BCUT2D eigenvalue weighted by molar-refractivity contribution is -0.146. The Labute approximate surface area is 171 Å². The zero-order valence-electron chi connectivity index (χ0n) is 16.4. The van der Waals surface area contributed by atoms with E-state index in [0.29, 0.717) is 38.3 Å². The van der Waals surface area contributed by atoms with Crippen LogP contribution in [0.5, 0.6) is 0 Å². The van der Waals surface area contributed by atoms with Gasteiger partial charge >= 0.3 is 6.18 Å². The van der Waals surface area contributed by atoms with Crippen LogP contribution < -0.4 is 10.2 Å². The third kappa shape index (κ3) is 4.64. The number of aromatic nitrogens is 4. The van der Waals surface area contributed by atoms with E-state index in [4.69, 9.17) is 4.74 Å². The molecule has 0 unspecified atom stereocenters. The molecule has 1 amide bonds. The second kappa shape index (κ2) is 8.72. The van der Waals surface area contributed by atoms with Crippen LogP contribution in [0.2, 0.25) is 0 Å². The molecule has 0 aliphatic carbocycles. The first kappa shape index (κ1) is 20.8. The minimum absolute atomic E-state index is 0.0319. The Kier molecular flexibility index (Phi) is 6.04. The highest BCUT2D eigenvalue weighted by molar-refractivity contribution is 5.79. The molecule has 2 aliphatic rings. The van der Waals surface area contributed by atoms with Crippen LogP contribution in [0.15, 0.2) is 12.1 Å². The van der Waals surface area contributed by atoms with Crippen molar-refractivity contribution in [2.24, 2.45) is 5.92 Å². The van der Waals surface area contributed by atoms with Crippen molar-refractivity contribution in [1.29, 1.82) is 0 Å². The van der Waals surface area contributed by atoms with E-state index in [1.807, 2.05) is 4.90 Å². The fourth-order valence-electron chi connectivity index (χ4n) is 3.80. The topological polar surface area (TPSA) is 87.9 Å². The molecule has 0 radical (unpaired) electrons. The number of alkyl halides is 3. The molecule has 4 rings (SSSR count). The molecule has 12 heteroatoms. The van der Waals surface area contributed by atoms with Gasteiger partial charge in [-0.3, -0.25) is 9.69 Å². The smallest absolute Gasteiger partial charge is 0.379 e. The van der Waals surface area contributed by atoms with E-state index in [0.717, 1.165) is 37.4 Å². The van der Waals surface area contributed by atoms with Crippen molar-refractivity contribution < 1.29 is 22.7 Å². The van der Waals surface area contributed by atoms with Crippen molar-refractivity contribution in [2.75, 3.05) is 57.4 Å². The quantitative estimate of drug-likeness (QED) is 0.756. The Balaban J connectivity index is 1.30. The highest BCUT2D eigenvalue weighted by atomic mass is 19.4. The lowest BCUT2D eigenvalue weighted by Crippen LogP contribution is -2.44. The highest BCUT2D eigenvalue weighted by Crippen LogP contribution is 2.28. The van der Waals surface area contributed by atoms with Crippen molar-refractivity contribution >= 4 is 17.4 Å². The summed E-state index contributed by atoms with van der Waals surface area (Å²) < 4.78 is 45.2. The van der Waals surface area contributed by atoms with Gasteiger partial charge in [0.2, 0.25) is 5.91 Å². The van der Waals surface area contributed by atoms with E-state index in [2.05, 4.69) is 25.5 Å². The number of hydrogen-bond donors (Lipinski definition) is 1. The highest BCUT2D eigenvalue weighted by Gasteiger charge is 2.38. The number of piperidine rings is 1. The van der Waals surface area contributed by atoms with Gasteiger partial charge in [0.25, 0.3) is 5.82 Å². The zero-order valence-corrected chi connectivity index (χ0v) is 16.4. The SMILES string of the molecule is O=C(NCCN1CCOCC1)C1CCN(c2ccc3nnc(C(F)(F)F)n3n2)CC1. The van der Waals surface area contributed by atoms with E-state index in [1.165, 1.54) is 6.07 Å². The summed E-state index contributed by atoms with van der Waals surface area (Å²) >= 11 is 0. The van der Waals surface area contributed by atoms with Crippen molar-refractivity contribution in [1.82, 2.24) is 30.0 Å². The van der Waals surface area contributed by atoms with Gasteiger partial charge in [-0.05, 0) is 25.0 Å². The largest absolute Gasteiger partial charge is 0.453 e. The summed E-state index contributed by atoms with van der Waals surface area (Å²) in [6.07, 6.45) is -3.38. The number of hydrogen-bond acceptors (Lipinski definition) is 7. The number of morpholine rings is 1. The first-order chi connectivity index (χ1) is 14.4. The zero-order chi connectivity index (χ0) is 21.1. The van der Waals surface area contributed by atoms with Crippen molar-refractivity contribution in [3.8, 4) is 0 Å². The molecule has 0 saturated carbocycles. The number of amides is 1. The van der Waals surface area contributed by atoms with Crippen LogP contribution in [0.3, 0.4) is 0 Å². The third-order valence-electron chi connectivity index (χ3n) is 5.52. The van der Waals surface area contributed by atoms with E-state index in [1.54, 1.807) is 6.07 Å². The molecule has 2 saturated heterocycles. The predicted molar refractivity (Wildman–Crippen MR) is 101 cm³/mol. The number of carbonyl (C=O) groups excluding carboxylic acids is 1. The normalized spacial score (nSPS) is 19.4. The summed E-state index contributed by atoms with van der Waals surface area (Å²) in [7, 11) is 0.